The Hall–Kier alpha value is -3.01. The molecule has 0 aliphatic carbocycles. The second-order valence-electron chi connectivity index (χ2n) is 7.11. The molecule has 1 fully saturated rings. The maximum atomic E-state index is 11.4. The molecule has 0 amide bonds. The molecule has 1 unspecified atom stereocenters. The molecular weight excluding hydrogens is 382 g/mol. The van der Waals surface area contributed by atoms with E-state index < -0.39 is 10.8 Å². The zero-order valence-corrected chi connectivity index (χ0v) is 16.9. The number of hydrogen-bond acceptors (Lipinski definition) is 5. The fourth-order valence-corrected chi connectivity index (χ4v) is 3.77. The van der Waals surface area contributed by atoms with Gasteiger partial charge in [0, 0.05) is 37.7 Å². The Morgan fingerprint density at radius 1 is 1.07 bits per heavy atom. The van der Waals surface area contributed by atoms with E-state index in [1.807, 2.05) is 54.6 Å². The zero-order chi connectivity index (χ0) is 20.2. The van der Waals surface area contributed by atoms with Crippen molar-refractivity contribution in [2.75, 3.05) is 19.3 Å². The summed E-state index contributed by atoms with van der Waals surface area (Å²) in [6.45, 7) is 2.65. The third-order valence-electron chi connectivity index (χ3n) is 4.93. The standard InChI is InChI=1S/C23H21N3O2S/c1-29(27)23-11-8-20(13-25-23)19-6-9-21(10-7-19)28-22-15-26(16-22)14-18-4-2-17(12-24)3-5-18/h2-11,13,22H,14-16H2,1H3. The van der Waals surface area contributed by atoms with Crippen molar-refractivity contribution in [1.29, 1.82) is 5.26 Å². The minimum Gasteiger partial charge on any atom is -0.488 e. The lowest BCUT2D eigenvalue weighted by Crippen LogP contribution is -2.53. The van der Waals surface area contributed by atoms with Gasteiger partial charge in [0.05, 0.1) is 22.4 Å². The SMILES string of the molecule is CS(=O)c1ccc(-c2ccc(OC3CN(Cc4ccc(C#N)cc4)C3)cc2)cn1. The predicted octanol–water partition coefficient (Wildman–Crippen LogP) is 3.62. The van der Waals surface area contributed by atoms with E-state index in [-0.39, 0.29) is 6.10 Å². The first-order valence-corrected chi connectivity index (χ1v) is 10.9. The maximum absolute atomic E-state index is 11.4. The monoisotopic (exact) mass is 403 g/mol. The Balaban J connectivity index is 1.28. The van der Waals surface area contributed by atoms with Crippen LogP contribution in [0.4, 0.5) is 0 Å². The Labute approximate surface area is 173 Å². The van der Waals surface area contributed by atoms with Crippen molar-refractivity contribution >= 4 is 10.8 Å². The summed E-state index contributed by atoms with van der Waals surface area (Å²) in [5, 5.41) is 9.45. The minimum atomic E-state index is -1.06. The van der Waals surface area contributed by atoms with Crippen LogP contribution in [0.2, 0.25) is 0 Å². The van der Waals surface area contributed by atoms with Gasteiger partial charge in [-0.15, -0.1) is 0 Å². The highest BCUT2D eigenvalue weighted by molar-refractivity contribution is 7.84. The number of benzene rings is 2. The van der Waals surface area contributed by atoms with Gasteiger partial charge in [0.2, 0.25) is 0 Å². The summed E-state index contributed by atoms with van der Waals surface area (Å²) >= 11 is 0. The number of hydrogen-bond donors (Lipinski definition) is 0. The molecule has 1 atom stereocenters. The van der Waals surface area contributed by atoms with Crippen LogP contribution in [0.3, 0.4) is 0 Å². The van der Waals surface area contributed by atoms with E-state index in [9.17, 15) is 4.21 Å². The minimum absolute atomic E-state index is 0.194. The van der Waals surface area contributed by atoms with Gasteiger partial charge in [0.1, 0.15) is 16.9 Å². The normalized spacial score (nSPS) is 15.3. The smallest absolute Gasteiger partial charge is 0.126 e. The molecule has 0 bridgehead atoms. The van der Waals surface area contributed by atoms with E-state index >= 15 is 0 Å². The van der Waals surface area contributed by atoms with Crippen molar-refractivity contribution in [2.24, 2.45) is 0 Å². The Morgan fingerprint density at radius 3 is 2.34 bits per heavy atom. The molecule has 5 nitrogen and oxygen atoms in total. The first-order valence-electron chi connectivity index (χ1n) is 9.39. The number of aromatic nitrogens is 1. The highest BCUT2D eigenvalue weighted by Gasteiger charge is 2.28. The van der Waals surface area contributed by atoms with Crippen molar-refractivity contribution in [3.05, 3.63) is 78.0 Å². The predicted molar refractivity (Wildman–Crippen MR) is 113 cm³/mol. The molecule has 1 aliphatic heterocycles. The lowest BCUT2D eigenvalue weighted by atomic mass is 10.1. The lowest BCUT2D eigenvalue weighted by molar-refractivity contribution is 0.0146. The van der Waals surface area contributed by atoms with Crippen molar-refractivity contribution < 1.29 is 8.95 Å². The largest absolute Gasteiger partial charge is 0.488 e. The van der Waals surface area contributed by atoms with Crippen LogP contribution in [-0.4, -0.2) is 39.5 Å². The van der Waals surface area contributed by atoms with Gasteiger partial charge < -0.3 is 4.74 Å². The van der Waals surface area contributed by atoms with Gasteiger partial charge in [-0.05, 0) is 41.5 Å². The van der Waals surface area contributed by atoms with E-state index in [1.54, 1.807) is 18.5 Å². The van der Waals surface area contributed by atoms with Crippen LogP contribution in [0.1, 0.15) is 11.1 Å². The summed E-state index contributed by atoms with van der Waals surface area (Å²) in [5.41, 5.74) is 3.93. The molecule has 2 heterocycles. The molecule has 1 saturated heterocycles. The molecule has 3 aromatic rings. The lowest BCUT2D eigenvalue weighted by Gasteiger charge is -2.39. The molecule has 4 rings (SSSR count). The van der Waals surface area contributed by atoms with E-state index in [4.69, 9.17) is 10.00 Å². The van der Waals surface area contributed by atoms with E-state index in [2.05, 4.69) is 16.0 Å². The molecule has 146 valence electrons. The van der Waals surface area contributed by atoms with Crippen molar-refractivity contribution in [2.45, 2.75) is 17.7 Å². The number of likely N-dealkylation sites (tertiary alicyclic amines) is 1. The van der Waals surface area contributed by atoms with Gasteiger partial charge in [-0.25, -0.2) is 4.98 Å². The van der Waals surface area contributed by atoms with Gasteiger partial charge in [-0.3, -0.25) is 9.11 Å². The summed E-state index contributed by atoms with van der Waals surface area (Å²) in [4.78, 5) is 6.57. The highest BCUT2D eigenvalue weighted by Crippen LogP contribution is 2.25. The maximum Gasteiger partial charge on any atom is 0.126 e. The van der Waals surface area contributed by atoms with E-state index in [0.717, 1.165) is 36.5 Å². The van der Waals surface area contributed by atoms with Gasteiger partial charge in [0.25, 0.3) is 0 Å². The van der Waals surface area contributed by atoms with Gasteiger partial charge in [-0.2, -0.15) is 5.26 Å². The molecule has 0 spiro atoms. The molecule has 2 aromatic carbocycles. The molecule has 1 aromatic heterocycles. The van der Waals surface area contributed by atoms with Gasteiger partial charge in [0.15, 0.2) is 0 Å². The number of ether oxygens (including phenoxy) is 1. The van der Waals surface area contributed by atoms with Crippen molar-refractivity contribution in [3.8, 4) is 22.9 Å². The number of pyridine rings is 1. The summed E-state index contributed by atoms with van der Waals surface area (Å²) < 4.78 is 17.5. The number of rotatable bonds is 6. The van der Waals surface area contributed by atoms with Crippen LogP contribution in [0, 0.1) is 11.3 Å². The fourth-order valence-electron chi connectivity index (χ4n) is 3.31. The van der Waals surface area contributed by atoms with E-state index in [0.29, 0.717) is 10.6 Å². The molecule has 0 radical (unpaired) electrons. The van der Waals surface area contributed by atoms with Crippen LogP contribution < -0.4 is 4.74 Å². The average molecular weight is 404 g/mol. The molecule has 1 aliphatic rings. The molecule has 29 heavy (non-hydrogen) atoms. The van der Waals surface area contributed by atoms with Crippen LogP contribution in [0.25, 0.3) is 11.1 Å². The number of nitrogens with zero attached hydrogens (tertiary/aromatic N) is 3. The molecule has 6 heteroatoms. The third-order valence-corrected chi connectivity index (χ3v) is 5.76. The van der Waals surface area contributed by atoms with Crippen LogP contribution >= 0.6 is 0 Å². The molecule has 0 N–H and O–H groups in total. The van der Waals surface area contributed by atoms with Crippen LogP contribution in [0.5, 0.6) is 5.75 Å². The van der Waals surface area contributed by atoms with Crippen LogP contribution in [-0.2, 0) is 17.3 Å². The van der Waals surface area contributed by atoms with Crippen molar-refractivity contribution in [1.82, 2.24) is 9.88 Å². The second-order valence-corrected chi connectivity index (χ2v) is 8.43. The first kappa shape index (κ1) is 19.3. The third kappa shape index (κ3) is 4.70. The van der Waals surface area contributed by atoms with E-state index in [1.165, 1.54) is 5.56 Å². The van der Waals surface area contributed by atoms with Crippen molar-refractivity contribution in [3.63, 3.8) is 0 Å². The molecule has 0 saturated carbocycles. The van der Waals surface area contributed by atoms with Crippen LogP contribution in [0.15, 0.2) is 71.9 Å². The first-order chi connectivity index (χ1) is 14.1. The average Bonchev–Trinajstić information content (AvgIpc) is 2.73. The second kappa shape index (κ2) is 8.56. The quantitative estimate of drug-likeness (QED) is 0.629. The molecular formula is C23H21N3O2S. The Bertz CT molecular complexity index is 1040. The summed E-state index contributed by atoms with van der Waals surface area (Å²) in [5.74, 6) is 0.857. The number of nitriles is 1. The van der Waals surface area contributed by atoms with Gasteiger partial charge >= 0.3 is 0 Å². The fraction of sp³-hybridized carbons (Fsp3) is 0.217. The van der Waals surface area contributed by atoms with Gasteiger partial charge in [-0.1, -0.05) is 30.3 Å². The summed E-state index contributed by atoms with van der Waals surface area (Å²) in [6, 6.07) is 21.6. The summed E-state index contributed by atoms with van der Waals surface area (Å²) in [7, 11) is -1.06. The topological polar surface area (TPSA) is 66.2 Å². The Kier molecular flexibility index (Phi) is 5.70. The Morgan fingerprint density at radius 2 is 1.76 bits per heavy atom. The summed E-state index contributed by atoms with van der Waals surface area (Å²) in [6.07, 6.45) is 3.57. The highest BCUT2D eigenvalue weighted by atomic mass is 32.2. The zero-order valence-electron chi connectivity index (χ0n) is 16.1.